The van der Waals surface area contributed by atoms with Crippen LogP contribution >= 0.6 is 0 Å². The van der Waals surface area contributed by atoms with Crippen LogP contribution in [0.1, 0.15) is 52.1 Å². The van der Waals surface area contributed by atoms with Crippen molar-refractivity contribution in [3.63, 3.8) is 0 Å². The molecule has 2 rings (SSSR count). The number of nitrogens with zero attached hydrogens (tertiary/aromatic N) is 2. The monoisotopic (exact) mass is 247 g/mol. The number of hydrogen-bond donors (Lipinski definition) is 1. The second-order valence-electron chi connectivity index (χ2n) is 5.66. The summed E-state index contributed by atoms with van der Waals surface area (Å²) in [6.07, 6.45) is 7.81. The molecule has 100 valence electrons. The minimum Gasteiger partial charge on any atom is -0.367 e. The molecule has 1 aromatic rings. The van der Waals surface area contributed by atoms with Gasteiger partial charge in [-0.3, -0.25) is 0 Å². The summed E-state index contributed by atoms with van der Waals surface area (Å²) in [7, 11) is 0. The van der Waals surface area contributed by atoms with E-state index >= 15 is 0 Å². The lowest BCUT2D eigenvalue weighted by molar-refractivity contribution is 0.253. The van der Waals surface area contributed by atoms with E-state index in [4.69, 9.17) is 0 Å². The molecular weight excluding hydrogens is 222 g/mol. The van der Waals surface area contributed by atoms with Crippen LogP contribution in [0.5, 0.6) is 0 Å². The zero-order valence-electron chi connectivity index (χ0n) is 11.8. The molecule has 0 aliphatic heterocycles. The summed E-state index contributed by atoms with van der Waals surface area (Å²) < 4.78 is 0. The Hall–Kier alpha value is -1.12. The van der Waals surface area contributed by atoms with Crippen LogP contribution in [0.15, 0.2) is 12.4 Å². The van der Waals surface area contributed by atoms with Crippen molar-refractivity contribution in [1.29, 1.82) is 0 Å². The van der Waals surface area contributed by atoms with E-state index in [1.54, 1.807) is 6.33 Å². The number of aromatic nitrogens is 2. The molecular formula is C15H25N3. The predicted molar refractivity (Wildman–Crippen MR) is 75.6 cm³/mol. The largest absolute Gasteiger partial charge is 0.367 e. The fourth-order valence-electron chi connectivity index (χ4n) is 2.85. The summed E-state index contributed by atoms with van der Waals surface area (Å²) in [6.45, 7) is 6.90. The highest BCUT2D eigenvalue weighted by atomic mass is 15.0. The molecule has 1 aromatic heterocycles. The van der Waals surface area contributed by atoms with Crippen LogP contribution in [0.2, 0.25) is 0 Å². The lowest BCUT2D eigenvalue weighted by Gasteiger charge is -2.34. The zero-order valence-corrected chi connectivity index (χ0v) is 11.8. The Morgan fingerprint density at radius 3 is 2.89 bits per heavy atom. The molecule has 1 N–H and O–H groups in total. The maximum absolute atomic E-state index is 4.35. The Bertz CT molecular complexity index is 378. The zero-order chi connectivity index (χ0) is 13.0. The molecule has 0 aromatic carbocycles. The topological polar surface area (TPSA) is 37.8 Å². The first-order chi connectivity index (χ1) is 8.70. The summed E-state index contributed by atoms with van der Waals surface area (Å²) >= 11 is 0. The Labute approximate surface area is 110 Å². The summed E-state index contributed by atoms with van der Waals surface area (Å²) in [4.78, 5) is 8.66. The first-order valence-electron chi connectivity index (χ1n) is 7.28. The van der Waals surface area contributed by atoms with E-state index < -0.39 is 0 Å². The van der Waals surface area contributed by atoms with Crippen molar-refractivity contribution >= 4 is 5.82 Å². The van der Waals surface area contributed by atoms with Crippen molar-refractivity contribution < 1.29 is 0 Å². The van der Waals surface area contributed by atoms with Crippen LogP contribution in [0.3, 0.4) is 0 Å². The molecule has 0 spiro atoms. The van der Waals surface area contributed by atoms with Gasteiger partial charge in [-0.15, -0.1) is 0 Å². The fraction of sp³-hybridized carbons (Fsp3) is 0.733. The predicted octanol–water partition coefficient (Wildman–Crippen LogP) is 3.67. The Morgan fingerprint density at radius 2 is 2.11 bits per heavy atom. The number of rotatable bonds is 4. The van der Waals surface area contributed by atoms with Crippen LogP contribution < -0.4 is 5.32 Å². The SMILES string of the molecule is CCCc1cc(NC2CCCC(C)C2C)ncn1. The van der Waals surface area contributed by atoms with Crippen molar-refractivity contribution in [2.75, 3.05) is 5.32 Å². The first-order valence-corrected chi connectivity index (χ1v) is 7.28. The molecule has 0 amide bonds. The minimum atomic E-state index is 0.568. The lowest BCUT2D eigenvalue weighted by Crippen LogP contribution is -2.35. The molecule has 3 atom stereocenters. The van der Waals surface area contributed by atoms with E-state index in [2.05, 4.69) is 42.1 Å². The number of nitrogens with one attached hydrogen (secondary N) is 1. The van der Waals surface area contributed by atoms with Crippen molar-refractivity contribution in [3.8, 4) is 0 Å². The molecule has 1 aliphatic rings. The van der Waals surface area contributed by atoms with Crippen molar-refractivity contribution in [3.05, 3.63) is 18.1 Å². The smallest absolute Gasteiger partial charge is 0.129 e. The van der Waals surface area contributed by atoms with Crippen LogP contribution in [-0.2, 0) is 6.42 Å². The van der Waals surface area contributed by atoms with E-state index in [0.717, 1.165) is 36.2 Å². The van der Waals surface area contributed by atoms with Gasteiger partial charge in [-0.2, -0.15) is 0 Å². The third-order valence-corrected chi connectivity index (χ3v) is 4.27. The Morgan fingerprint density at radius 1 is 1.28 bits per heavy atom. The minimum absolute atomic E-state index is 0.568. The van der Waals surface area contributed by atoms with E-state index in [0.29, 0.717) is 6.04 Å². The lowest BCUT2D eigenvalue weighted by atomic mass is 9.78. The number of hydrogen-bond acceptors (Lipinski definition) is 3. The van der Waals surface area contributed by atoms with Gasteiger partial charge >= 0.3 is 0 Å². The highest BCUT2D eigenvalue weighted by Crippen LogP contribution is 2.31. The van der Waals surface area contributed by atoms with Crippen LogP contribution in [0.25, 0.3) is 0 Å². The molecule has 1 fully saturated rings. The van der Waals surface area contributed by atoms with Crippen molar-refractivity contribution in [2.45, 2.75) is 58.9 Å². The first kappa shape index (κ1) is 13.3. The standard InChI is InChI=1S/C15H25N3/c1-4-6-13-9-15(17-10-16-13)18-14-8-5-7-11(2)12(14)3/h9-12,14H,4-8H2,1-3H3,(H,16,17,18). The highest BCUT2D eigenvalue weighted by molar-refractivity contribution is 5.36. The second-order valence-corrected chi connectivity index (χ2v) is 5.66. The third-order valence-electron chi connectivity index (χ3n) is 4.27. The number of anilines is 1. The summed E-state index contributed by atoms with van der Waals surface area (Å²) in [5, 5.41) is 3.61. The molecule has 0 radical (unpaired) electrons. The molecule has 3 heteroatoms. The van der Waals surface area contributed by atoms with Crippen molar-refractivity contribution in [2.24, 2.45) is 11.8 Å². The summed E-state index contributed by atoms with van der Waals surface area (Å²) in [5.74, 6) is 2.54. The summed E-state index contributed by atoms with van der Waals surface area (Å²) in [6, 6.07) is 2.67. The maximum Gasteiger partial charge on any atom is 0.129 e. The Balaban J connectivity index is 2.01. The van der Waals surface area contributed by atoms with Gasteiger partial charge < -0.3 is 5.32 Å². The molecule has 0 bridgehead atoms. The van der Waals surface area contributed by atoms with Gasteiger partial charge in [0.1, 0.15) is 12.1 Å². The second kappa shape index (κ2) is 6.17. The number of aryl methyl sites for hydroxylation is 1. The van der Waals surface area contributed by atoms with Gasteiger partial charge in [-0.25, -0.2) is 9.97 Å². The quantitative estimate of drug-likeness (QED) is 0.882. The van der Waals surface area contributed by atoms with Gasteiger partial charge in [0.25, 0.3) is 0 Å². The Kier molecular flexibility index (Phi) is 4.56. The highest BCUT2D eigenvalue weighted by Gasteiger charge is 2.27. The van der Waals surface area contributed by atoms with Gasteiger partial charge in [0.2, 0.25) is 0 Å². The van der Waals surface area contributed by atoms with Crippen molar-refractivity contribution in [1.82, 2.24) is 9.97 Å². The van der Waals surface area contributed by atoms with Crippen LogP contribution in [0.4, 0.5) is 5.82 Å². The molecule has 0 saturated heterocycles. The van der Waals surface area contributed by atoms with E-state index in [9.17, 15) is 0 Å². The molecule has 18 heavy (non-hydrogen) atoms. The molecule has 3 unspecified atom stereocenters. The van der Waals surface area contributed by atoms with Gasteiger partial charge in [-0.05, 0) is 24.7 Å². The molecule has 1 heterocycles. The molecule has 1 saturated carbocycles. The van der Waals surface area contributed by atoms with E-state index in [-0.39, 0.29) is 0 Å². The summed E-state index contributed by atoms with van der Waals surface area (Å²) in [5.41, 5.74) is 1.14. The maximum atomic E-state index is 4.35. The van der Waals surface area contributed by atoms with E-state index in [1.165, 1.54) is 19.3 Å². The average molecular weight is 247 g/mol. The van der Waals surface area contributed by atoms with Gasteiger partial charge in [0, 0.05) is 17.8 Å². The van der Waals surface area contributed by atoms with Crippen LogP contribution in [0, 0.1) is 11.8 Å². The van der Waals surface area contributed by atoms with Crippen LogP contribution in [-0.4, -0.2) is 16.0 Å². The molecule has 1 aliphatic carbocycles. The van der Waals surface area contributed by atoms with Gasteiger partial charge in [-0.1, -0.05) is 40.0 Å². The fourth-order valence-corrected chi connectivity index (χ4v) is 2.85. The van der Waals surface area contributed by atoms with E-state index in [1.807, 2.05) is 0 Å². The molecule has 3 nitrogen and oxygen atoms in total. The third kappa shape index (κ3) is 3.21. The van der Waals surface area contributed by atoms with Gasteiger partial charge in [0.15, 0.2) is 0 Å². The normalized spacial score (nSPS) is 28.1. The van der Waals surface area contributed by atoms with Gasteiger partial charge in [0.05, 0.1) is 0 Å². The average Bonchev–Trinajstić information content (AvgIpc) is 2.36.